The number of anilines is 1. The molecular formula is C21H36N2O7. The van der Waals surface area contributed by atoms with Gasteiger partial charge in [-0.1, -0.05) is 27.7 Å². The zero-order chi connectivity index (χ0) is 23.9. The molecule has 0 amide bonds. The van der Waals surface area contributed by atoms with Crippen LogP contribution in [0.5, 0.6) is 0 Å². The second kappa shape index (κ2) is 22.3. The Kier molecular flexibility index (Phi) is 23.6. The van der Waals surface area contributed by atoms with Crippen molar-refractivity contribution in [2.45, 2.75) is 60.3 Å². The molecule has 0 spiro atoms. The number of rotatable bonds is 5. The number of pyridine rings is 1. The Labute approximate surface area is 179 Å². The quantitative estimate of drug-likeness (QED) is 0.554. The van der Waals surface area contributed by atoms with E-state index in [1.54, 1.807) is 19.3 Å². The standard InChI is InChI=1S/C7H10N2.C6H10O4.C4H4O3.2C2H6/c1-9(2)7-3-5-8-6-4-7;1-2-10-6(9)4-3-5(7)8;5-3-1-2-4(6)7-3;2*1-2/h3-6H,1-2H3;2-4H2,1H3,(H,7,8);1-2H2;2*1-2H3. The lowest BCUT2D eigenvalue weighted by atomic mass is 10.3. The van der Waals surface area contributed by atoms with E-state index in [1.807, 2.05) is 58.8 Å². The van der Waals surface area contributed by atoms with Crippen molar-refractivity contribution in [1.82, 2.24) is 4.98 Å². The van der Waals surface area contributed by atoms with E-state index < -0.39 is 23.9 Å². The van der Waals surface area contributed by atoms with Gasteiger partial charge in [-0.2, -0.15) is 0 Å². The highest BCUT2D eigenvalue weighted by Crippen LogP contribution is 2.05. The van der Waals surface area contributed by atoms with Crippen LogP contribution in [0.25, 0.3) is 0 Å². The maximum atomic E-state index is 10.5. The summed E-state index contributed by atoms with van der Waals surface area (Å²) in [5.74, 6) is -2.23. The predicted molar refractivity (Wildman–Crippen MR) is 115 cm³/mol. The number of carboxylic acids is 1. The first-order chi connectivity index (χ1) is 14.3. The van der Waals surface area contributed by atoms with Crippen molar-refractivity contribution >= 4 is 29.6 Å². The first kappa shape index (κ1) is 31.7. The number of hydrogen-bond acceptors (Lipinski definition) is 8. The van der Waals surface area contributed by atoms with Crippen LogP contribution in [0.1, 0.15) is 60.3 Å². The van der Waals surface area contributed by atoms with Crippen LogP contribution in [-0.4, -0.2) is 54.7 Å². The van der Waals surface area contributed by atoms with Gasteiger partial charge in [0, 0.05) is 32.2 Å². The van der Waals surface area contributed by atoms with Gasteiger partial charge in [0.2, 0.25) is 0 Å². The van der Waals surface area contributed by atoms with E-state index in [-0.39, 0.29) is 25.7 Å². The summed E-state index contributed by atoms with van der Waals surface area (Å²) < 4.78 is 8.57. The first-order valence-corrected chi connectivity index (χ1v) is 9.94. The van der Waals surface area contributed by atoms with Crippen LogP contribution < -0.4 is 4.90 Å². The van der Waals surface area contributed by atoms with E-state index in [0.29, 0.717) is 6.61 Å². The second-order valence-electron chi connectivity index (χ2n) is 5.14. The third-order valence-electron chi connectivity index (χ3n) is 2.79. The van der Waals surface area contributed by atoms with Crippen LogP contribution in [-0.2, 0) is 28.7 Å². The Bertz CT molecular complexity index is 576. The average Bonchev–Trinajstić information content (AvgIpc) is 3.14. The number of aliphatic carboxylic acids is 1. The number of carbonyl (C=O) groups is 4. The third-order valence-corrected chi connectivity index (χ3v) is 2.79. The van der Waals surface area contributed by atoms with Gasteiger partial charge in [-0.15, -0.1) is 0 Å². The summed E-state index contributed by atoms with van der Waals surface area (Å²) in [6.45, 7) is 9.98. The number of hydrogen-bond donors (Lipinski definition) is 1. The molecule has 1 aromatic rings. The summed E-state index contributed by atoms with van der Waals surface area (Å²) in [6.07, 6.45) is 3.91. The number of carboxylic acid groups (broad SMARTS) is 1. The monoisotopic (exact) mass is 428 g/mol. The fraction of sp³-hybridized carbons (Fsp3) is 0.571. The Morgan fingerprint density at radius 1 is 1.03 bits per heavy atom. The van der Waals surface area contributed by atoms with Gasteiger partial charge in [0.1, 0.15) is 0 Å². The molecule has 30 heavy (non-hydrogen) atoms. The van der Waals surface area contributed by atoms with Crippen molar-refractivity contribution < 1.29 is 33.8 Å². The maximum Gasteiger partial charge on any atom is 0.314 e. The zero-order valence-corrected chi connectivity index (χ0v) is 19.1. The second-order valence-corrected chi connectivity index (χ2v) is 5.14. The van der Waals surface area contributed by atoms with Crippen molar-refractivity contribution in [1.29, 1.82) is 0 Å². The number of carbonyl (C=O) groups excluding carboxylic acids is 3. The third kappa shape index (κ3) is 21.3. The van der Waals surface area contributed by atoms with Gasteiger partial charge in [-0.3, -0.25) is 24.2 Å². The normalized spacial score (nSPS) is 10.8. The Morgan fingerprint density at radius 2 is 1.50 bits per heavy atom. The Hall–Kier alpha value is -2.97. The highest BCUT2D eigenvalue weighted by atomic mass is 16.6. The maximum absolute atomic E-state index is 10.5. The molecule has 0 aliphatic carbocycles. The molecule has 0 unspecified atom stereocenters. The van der Waals surface area contributed by atoms with Gasteiger partial charge >= 0.3 is 23.9 Å². The van der Waals surface area contributed by atoms with Crippen LogP contribution in [0.2, 0.25) is 0 Å². The molecule has 2 heterocycles. The van der Waals surface area contributed by atoms with Gasteiger partial charge in [0.25, 0.3) is 0 Å². The molecule has 0 atom stereocenters. The topological polar surface area (TPSA) is 123 Å². The van der Waals surface area contributed by atoms with E-state index in [1.165, 1.54) is 5.69 Å². The number of nitrogens with zero attached hydrogens (tertiary/aromatic N) is 2. The SMILES string of the molecule is CC.CC.CCOC(=O)CCC(=O)O.CN(C)c1ccncc1.O=C1CCC(=O)O1. The summed E-state index contributed by atoms with van der Waals surface area (Å²) in [5.41, 5.74) is 1.19. The fourth-order valence-corrected chi connectivity index (χ4v) is 1.52. The lowest BCUT2D eigenvalue weighted by Gasteiger charge is -2.10. The number of esters is 3. The van der Waals surface area contributed by atoms with E-state index in [2.05, 4.69) is 14.5 Å². The van der Waals surface area contributed by atoms with Gasteiger partial charge in [-0.25, -0.2) is 0 Å². The molecule has 0 saturated carbocycles. The highest BCUT2D eigenvalue weighted by molar-refractivity contribution is 5.92. The molecule has 0 radical (unpaired) electrons. The minimum Gasteiger partial charge on any atom is -0.481 e. The summed E-state index contributed by atoms with van der Waals surface area (Å²) in [7, 11) is 4.02. The molecular weight excluding hydrogens is 392 g/mol. The van der Waals surface area contributed by atoms with E-state index in [9.17, 15) is 19.2 Å². The van der Waals surface area contributed by atoms with Gasteiger partial charge < -0.3 is 19.5 Å². The molecule has 0 bridgehead atoms. The number of cyclic esters (lactones) is 2. The molecule has 9 heteroatoms. The van der Waals surface area contributed by atoms with Gasteiger partial charge in [0.15, 0.2) is 0 Å². The molecule has 1 aromatic heterocycles. The van der Waals surface area contributed by atoms with Crippen LogP contribution in [0.15, 0.2) is 24.5 Å². The molecule has 1 aliphatic heterocycles. The molecule has 1 saturated heterocycles. The molecule has 172 valence electrons. The predicted octanol–water partition coefficient (Wildman–Crippen LogP) is 3.46. The summed E-state index contributed by atoms with van der Waals surface area (Å²) in [6, 6.07) is 3.94. The lowest BCUT2D eigenvalue weighted by Crippen LogP contribution is -2.07. The van der Waals surface area contributed by atoms with Crippen LogP contribution in [0.3, 0.4) is 0 Å². The van der Waals surface area contributed by atoms with Crippen LogP contribution in [0.4, 0.5) is 5.69 Å². The zero-order valence-electron chi connectivity index (χ0n) is 19.1. The molecule has 1 fully saturated rings. The van der Waals surface area contributed by atoms with Crippen molar-refractivity contribution in [2.75, 3.05) is 25.6 Å². The summed E-state index contributed by atoms with van der Waals surface area (Å²) in [5, 5.41) is 8.12. The summed E-state index contributed by atoms with van der Waals surface area (Å²) >= 11 is 0. The largest absolute Gasteiger partial charge is 0.481 e. The first-order valence-electron chi connectivity index (χ1n) is 9.94. The molecule has 1 N–H and O–H groups in total. The van der Waals surface area contributed by atoms with Crippen LogP contribution in [0, 0.1) is 0 Å². The Morgan fingerprint density at radius 3 is 1.77 bits per heavy atom. The fourth-order valence-electron chi connectivity index (χ4n) is 1.52. The van der Waals surface area contributed by atoms with Crippen molar-refractivity contribution in [3.8, 4) is 0 Å². The van der Waals surface area contributed by atoms with Crippen molar-refractivity contribution in [3.63, 3.8) is 0 Å². The Balaban J connectivity index is -0.000000339. The molecule has 9 nitrogen and oxygen atoms in total. The minimum atomic E-state index is -0.979. The summed E-state index contributed by atoms with van der Waals surface area (Å²) in [4.78, 5) is 46.3. The van der Waals surface area contributed by atoms with E-state index >= 15 is 0 Å². The minimum absolute atomic E-state index is 0.0385. The molecule has 1 aliphatic rings. The van der Waals surface area contributed by atoms with Crippen molar-refractivity contribution in [2.24, 2.45) is 0 Å². The van der Waals surface area contributed by atoms with Crippen LogP contribution >= 0.6 is 0 Å². The van der Waals surface area contributed by atoms with Gasteiger partial charge in [-0.05, 0) is 19.1 Å². The van der Waals surface area contributed by atoms with Crippen molar-refractivity contribution in [3.05, 3.63) is 24.5 Å². The molecule has 2 rings (SSSR count). The smallest absolute Gasteiger partial charge is 0.314 e. The molecule has 0 aromatic carbocycles. The number of ether oxygens (including phenoxy) is 2. The van der Waals surface area contributed by atoms with E-state index in [4.69, 9.17) is 5.11 Å². The highest BCUT2D eigenvalue weighted by Gasteiger charge is 2.19. The van der Waals surface area contributed by atoms with E-state index in [0.717, 1.165) is 0 Å². The average molecular weight is 429 g/mol. The lowest BCUT2D eigenvalue weighted by molar-refractivity contribution is -0.152. The number of aromatic nitrogens is 1. The van der Waals surface area contributed by atoms with Gasteiger partial charge in [0.05, 0.1) is 32.3 Å².